The molecule has 0 radical (unpaired) electrons. The van der Waals surface area contributed by atoms with Crippen LogP contribution >= 0.6 is 12.4 Å². The molecule has 1 atom stereocenters. The molecular formula is C12H18ClFN2O2S. The van der Waals surface area contributed by atoms with Crippen molar-refractivity contribution in [2.75, 3.05) is 20.1 Å². The van der Waals surface area contributed by atoms with E-state index in [-0.39, 0.29) is 24.2 Å². The van der Waals surface area contributed by atoms with Gasteiger partial charge >= 0.3 is 0 Å². The van der Waals surface area contributed by atoms with Gasteiger partial charge in [0.15, 0.2) is 0 Å². The SMILES string of the molecule is CN(C1CCNC1)S(=O)(=O)Cc1cccc(F)c1.Cl. The first-order chi connectivity index (χ1) is 8.49. The maximum absolute atomic E-state index is 13.0. The fraction of sp³-hybridized carbons (Fsp3) is 0.500. The number of nitrogens with zero attached hydrogens (tertiary/aromatic N) is 1. The van der Waals surface area contributed by atoms with Gasteiger partial charge in [0.25, 0.3) is 0 Å². The molecule has 0 spiro atoms. The molecule has 0 bridgehead atoms. The van der Waals surface area contributed by atoms with Gasteiger partial charge in [-0.15, -0.1) is 12.4 Å². The summed E-state index contributed by atoms with van der Waals surface area (Å²) in [6.45, 7) is 1.52. The molecular weight excluding hydrogens is 291 g/mol. The van der Waals surface area contributed by atoms with Crippen LogP contribution in [0.4, 0.5) is 4.39 Å². The van der Waals surface area contributed by atoms with Crippen molar-refractivity contribution >= 4 is 22.4 Å². The minimum Gasteiger partial charge on any atom is -0.315 e. The molecule has 0 aliphatic carbocycles. The highest BCUT2D eigenvalue weighted by Crippen LogP contribution is 2.16. The lowest BCUT2D eigenvalue weighted by Crippen LogP contribution is -2.39. The average molecular weight is 309 g/mol. The first kappa shape index (κ1) is 16.4. The van der Waals surface area contributed by atoms with Crippen molar-refractivity contribution in [3.63, 3.8) is 0 Å². The smallest absolute Gasteiger partial charge is 0.218 e. The molecule has 1 aliphatic rings. The van der Waals surface area contributed by atoms with Gasteiger partial charge in [0, 0.05) is 19.6 Å². The summed E-state index contributed by atoms with van der Waals surface area (Å²) < 4.78 is 38.8. The normalized spacial score (nSPS) is 19.4. The zero-order valence-electron chi connectivity index (χ0n) is 10.7. The van der Waals surface area contributed by atoms with Gasteiger partial charge in [0.2, 0.25) is 10.0 Å². The van der Waals surface area contributed by atoms with Crippen molar-refractivity contribution in [3.05, 3.63) is 35.6 Å². The summed E-state index contributed by atoms with van der Waals surface area (Å²) in [4.78, 5) is 0. The molecule has 1 aromatic rings. The molecule has 7 heteroatoms. The quantitative estimate of drug-likeness (QED) is 0.914. The number of likely N-dealkylation sites (N-methyl/N-ethyl adjacent to an activating group) is 1. The van der Waals surface area contributed by atoms with Gasteiger partial charge < -0.3 is 5.32 Å². The second-order valence-electron chi connectivity index (χ2n) is 4.55. The number of nitrogens with one attached hydrogen (secondary N) is 1. The molecule has 1 aromatic carbocycles. The van der Waals surface area contributed by atoms with E-state index in [0.717, 1.165) is 13.0 Å². The van der Waals surface area contributed by atoms with Crippen molar-refractivity contribution in [2.45, 2.75) is 18.2 Å². The largest absolute Gasteiger partial charge is 0.315 e. The molecule has 4 nitrogen and oxygen atoms in total. The summed E-state index contributed by atoms with van der Waals surface area (Å²) in [5, 5.41) is 3.13. The van der Waals surface area contributed by atoms with E-state index in [1.54, 1.807) is 13.1 Å². The summed E-state index contributed by atoms with van der Waals surface area (Å²) in [7, 11) is -1.80. The number of sulfonamides is 1. The summed E-state index contributed by atoms with van der Waals surface area (Å²) in [6, 6.07) is 5.72. The third-order valence-electron chi connectivity index (χ3n) is 3.23. The average Bonchev–Trinajstić information content (AvgIpc) is 2.80. The maximum atomic E-state index is 13.0. The van der Waals surface area contributed by atoms with Crippen molar-refractivity contribution in [1.29, 1.82) is 0 Å². The molecule has 1 N–H and O–H groups in total. The molecule has 0 amide bonds. The Hall–Kier alpha value is -0.690. The zero-order valence-corrected chi connectivity index (χ0v) is 12.3. The summed E-state index contributed by atoms with van der Waals surface area (Å²) in [5.41, 5.74) is 0.479. The number of rotatable bonds is 4. The second-order valence-corrected chi connectivity index (χ2v) is 6.58. The maximum Gasteiger partial charge on any atom is 0.218 e. The highest BCUT2D eigenvalue weighted by molar-refractivity contribution is 7.88. The minimum atomic E-state index is -3.39. The van der Waals surface area contributed by atoms with Gasteiger partial charge in [-0.2, -0.15) is 0 Å². The monoisotopic (exact) mass is 308 g/mol. The molecule has 19 heavy (non-hydrogen) atoms. The van der Waals surface area contributed by atoms with E-state index >= 15 is 0 Å². The van der Waals surface area contributed by atoms with Crippen molar-refractivity contribution < 1.29 is 12.8 Å². The Morgan fingerprint density at radius 1 is 1.47 bits per heavy atom. The number of halogens is 2. The van der Waals surface area contributed by atoms with Crippen LogP contribution in [-0.2, 0) is 15.8 Å². The topological polar surface area (TPSA) is 49.4 Å². The summed E-state index contributed by atoms with van der Waals surface area (Å²) >= 11 is 0. The Morgan fingerprint density at radius 3 is 2.79 bits per heavy atom. The van der Waals surface area contributed by atoms with Crippen LogP contribution in [-0.4, -0.2) is 38.9 Å². The van der Waals surface area contributed by atoms with E-state index in [9.17, 15) is 12.8 Å². The zero-order chi connectivity index (χ0) is 13.2. The third kappa shape index (κ3) is 4.14. The predicted octanol–water partition coefficient (Wildman–Crippen LogP) is 1.37. The number of hydrogen-bond donors (Lipinski definition) is 1. The Bertz CT molecular complexity index is 518. The first-order valence-corrected chi connectivity index (χ1v) is 7.51. The number of benzene rings is 1. The molecule has 1 saturated heterocycles. The second kappa shape index (κ2) is 6.65. The summed E-state index contributed by atoms with van der Waals surface area (Å²) in [6.07, 6.45) is 0.818. The molecule has 2 rings (SSSR count). The molecule has 1 heterocycles. The van der Waals surface area contributed by atoms with E-state index in [2.05, 4.69) is 5.32 Å². The fourth-order valence-electron chi connectivity index (χ4n) is 2.12. The van der Waals surface area contributed by atoms with E-state index in [0.29, 0.717) is 12.1 Å². The predicted molar refractivity (Wildman–Crippen MR) is 75.3 cm³/mol. The van der Waals surface area contributed by atoms with Gasteiger partial charge in [-0.05, 0) is 30.7 Å². The van der Waals surface area contributed by atoms with Crippen molar-refractivity contribution in [3.8, 4) is 0 Å². The van der Waals surface area contributed by atoms with Crippen LogP contribution in [0.15, 0.2) is 24.3 Å². The van der Waals surface area contributed by atoms with E-state index in [4.69, 9.17) is 0 Å². The van der Waals surface area contributed by atoms with Crippen LogP contribution < -0.4 is 5.32 Å². The molecule has 0 saturated carbocycles. The van der Waals surface area contributed by atoms with E-state index < -0.39 is 15.8 Å². The molecule has 108 valence electrons. The van der Waals surface area contributed by atoms with Crippen molar-refractivity contribution in [2.24, 2.45) is 0 Å². The molecule has 1 unspecified atom stereocenters. The van der Waals surface area contributed by atoms with Crippen LogP contribution in [0.1, 0.15) is 12.0 Å². The fourth-order valence-corrected chi connectivity index (χ4v) is 3.55. The lowest BCUT2D eigenvalue weighted by molar-refractivity contribution is 0.387. The van der Waals surface area contributed by atoms with Crippen LogP contribution in [0.25, 0.3) is 0 Å². The Kier molecular flexibility index (Phi) is 5.73. The molecule has 1 fully saturated rings. The third-order valence-corrected chi connectivity index (χ3v) is 5.10. The van der Waals surface area contributed by atoms with Crippen molar-refractivity contribution in [1.82, 2.24) is 9.62 Å². The number of hydrogen-bond acceptors (Lipinski definition) is 3. The Morgan fingerprint density at radius 2 is 2.21 bits per heavy atom. The van der Waals surface area contributed by atoms with Crippen LogP contribution in [0.5, 0.6) is 0 Å². The van der Waals surface area contributed by atoms with Gasteiger partial charge in [-0.3, -0.25) is 0 Å². The molecule has 1 aliphatic heterocycles. The Balaban J connectivity index is 0.00000180. The van der Waals surface area contributed by atoms with Crippen LogP contribution in [0, 0.1) is 5.82 Å². The standard InChI is InChI=1S/C12H17FN2O2S.ClH/c1-15(12-5-6-14-8-12)18(16,17)9-10-3-2-4-11(13)7-10;/h2-4,7,12,14H,5-6,8-9H2,1H3;1H. The van der Waals surface area contributed by atoms with Gasteiger partial charge in [0.05, 0.1) is 5.75 Å². The summed E-state index contributed by atoms with van der Waals surface area (Å²) in [5.74, 6) is -0.564. The van der Waals surface area contributed by atoms with E-state index in [1.807, 2.05) is 0 Å². The van der Waals surface area contributed by atoms with E-state index in [1.165, 1.54) is 22.5 Å². The first-order valence-electron chi connectivity index (χ1n) is 5.90. The van der Waals surface area contributed by atoms with Crippen LogP contribution in [0.2, 0.25) is 0 Å². The highest BCUT2D eigenvalue weighted by atomic mass is 35.5. The van der Waals surface area contributed by atoms with Gasteiger partial charge in [-0.25, -0.2) is 17.1 Å². The van der Waals surface area contributed by atoms with Crippen LogP contribution in [0.3, 0.4) is 0 Å². The van der Waals surface area contributed by atoms with Gasteiger partial charge in [-0.1, -0.05) is 12.1 Å². The lowest BCUT2D eigenvalue weighted by Gasteiger charge is -2.23. The van der Waals surface area contributed by atoms with Gasteiger partial charge in [0.1, 0.15) is 5.82 Å². The minimum absolute atomic E-state index is 0. The highest BCUT2D eigenvalue weighted by Gasteiger charge is 2.28. The molecule has 0 aromatic heterocycles. The Labute approximate surface area is 119 Å². The lowest BCUT2D eigenvalue weighted by atomic mass is 10.2.